The number of aromatic nitrogens is 2. The van der Waals surface area contributed by atoms with Crippen molar-refractivity contribution in [3.05, 3.63) is 35.3 Å². The molecule has 2 amide bonds. The number of nitrogens with zero attached hydrogens (tertiary/aromatic N) is 4. The van der Waals surface area contributed by atoms with Crippen molar-refractivity contribution in [2.75, 3.05) is 13.1 Å². The van der Waals surface area contributed by atoms with E-state index in [1.807, 2.05) is 35.2 Å². The molecule has 6 nitrogen and oxygen atoms in total. The molecule has 0 atom stereocenters. The summed E-state index contributed by atoms with van der Waals surface area (Å²) in [7, 11) is 0. The monoisotopic (exact) mass is 354 g/mol. The first-order valence-corrected chi connectivity index (χ1v) is 9.45. The second-order valence-electron chi connectivity index (χ2n) is 7.25. The first-order valence-electron chi connectivity index (χ1n) is 8.63. The second kappa shape index (κ2) is 5.36. The lowest BCUT2D eigenvalue weighted by molar-refractivity contribution is -0.186. The number of carbonyl (C=O) groups is 2. The lowest BCUT2D eigenvalue weighted by atomic mass is 9.49. The Morgan fingerprint density at radius 2 is 1.80 bits per heavy atom. The van der Waals surface area contributed by atoms with E-state index >= 15 is 0 Å². The van der Waals surface area contributed by atoms with Gasteiger partial charge in [-0.05, 0) is 25.2 Å². The number of rotatable bonds is 4. The topological polar surface area (TPSA) is 66.4 Å². The van der Waals surface area contributed by atoms with E-state index in [0.29, 0.717) is 19.6 Å². The maximum atomic E-state index is 12.5. The van der Waals surface area contributed by atoms with Gasteiger partial charge >= 0.3 is 11.8 Å². The molecule has 1 aromatic carbocycles. The summed E-state index contributed by atoms with van der Waals surface area (Å²) >= 11 is 1.47. The van der Waals surface area contributed by atoms with Gasteiger partial charge in [-0.1, -0.05) is 41.7 Å². The number of piperazine rings is 1. The van der Waals surface area contributed by atoms with Gasteiger partial charge in [-0.2, -0.15) is 0 Å². The van der Waals surface area contributed by atoms with Gasteiger partial charge in [-0.15, -0.1) is 10.2 Å². The van der Waals surface area contributed by atoms with E-state index in [1.165, 1.54) is 11.3 Å². The van der Waals surface area contributed by atoms with Crippen molar-refractivity contribution in [2.45, 2.75) is 31.3 Å². The Balaban J connectivity index is 1.28. The van der Waals surface area contributed by atoms with E-state index in [-0.39, 0.29) is 11.4 Å². The fraction of sp³-hybridized carbons (Fsp3) is 0.444. The number of amides is 2. The van der Waals surface area contributed by atoms with Crippen LogP contribution in [-0.4, -0.2) is 50.4 Å². The van der Waals surface area contributed by atoms with Gasteiger partial charge in [0.2, 0.25) is 0 Å². The highest BCUT2D eigenvalue weighted by Crippen LogP contribution is 2.60. The molecule has 4 fully saturated rings. The number of hydrogen-bond donors (Lipinski definition) is 0. The van der Waals surface area contributed by atoms with Crippen LogP contribution < -0.4 is 0 Å². The van der Waals surface area contributed by atoms with Gasteiger partial charge in [0, 0.05) is 24.2 Å². The molecule has 1 aromatic heterocycles. The minimum Gasteiger partial charge on any atom is -0.327 e. The standard InChI is InChI=1S/C18H18N4O2S/c23-16-17(24)22(18-8-12(9-18)10-18)7-6-21(16)11-14-19-20-15(25-14)13-4-2-1-3-5-13/h1-5,12H,6-11H2. The fourth-order valence-corrected chi connectivity index (χ4v) is 5.08. The Morgan fingerprint density at radius 3 is 2.48 bits per heavy atom. The molecule has 1 saturated heterocycles. The molecule has 3 saturated carbocycles. The Morgan fingerprint density at radius 1 is 1.04 bits per heavy atom. The molecule has 0 radical (unpaired) electrons. The highest BCUT2D eigenvalue weighted by Gasteiger charge is 2.62. The largest absolute Gasteiger partial charge is 0.327 e. The summed E-state index contributed by atoms with van der Waals surface area (Å²) in [6.07, 6.45) is 3.26. The van der Waals surface area contributed by atoms with Gasteiger partial charge in [-0.25, -0.2) is 0 Å². The third-order valence-corrected chi connectivity index (χ3v) is 6.66. The molecule has 4 aliphatic rings. The summed E-state index contributed by atoms with van der Waals surface area (Å²) < 4.78 is 0. The van der Waals surface area contributed by atoms with Crippen LogP contribution in [-0.2, 0) is 16.1 Å². The quantitative estimate of drug-likeness (QED) is 0.787. The van der Waals surface area contributed by atoms with Crippen molar-refractivity contribution in [3.8, 4) is 10.6 Å². The molecule has 2 heterocycles. The lowest BCUT2D eigenvalue weighted by Crippen LogP contribution is -2.73. The molecule has 0 N–H and O–H groups in total. The summed E-state index contributed by atoms with van der Waals surface area (Å²) in [6.45, 7) is 1.58. The van der Waals surface area contributed by atoms with Crippen molar-refractivity contribution in [1.82, 2.24) is 20.0 Å². The van der Waals surface area contributed by atoms with Crippen molar-refractivity contribution in [3.63, 3.8) is 0 Å². The molecule has 25 heavy (non-hydrogen) atoms. The van der Waals surface area contributed by atoms with E-state index in [2.05, 4.69) is 10.2 Å². The first-order chi connectivity index (χ1) is 12.1. The normalized spacial score (nSPS) is 27.9. The highest BCUT2D eigenvalue weighted by atomic mass is 32.1. The zero-order valence-electron chi connectivity index (χ0n) is 13.7. The smallest absolute Gasteiger partial charge is 0.312 e. The molecule has 3 aliphatic carbocycles. The first kappa shape index (κ1) is 15.0. The molecule has 1 aliphatic heterocycles. The van der Waals surface area contributed by atoms with Crippen molar-refractivity contribution < 1.29 is 9.59 Å². The van der Waals surface area contributed by atoms with Crippen LogP contribution in [0.15, 0.2) is 30.3 Å². The number of hydrogen-bond acceptors (Lipinski definition) is 5. The lowest BCUT2D eigenvalue weighted by Gasteiger charge is -2.66. The average molecular weight is 354 g/mol. The summed E-state index contributed by atoms with van der Waals surface area (Å²) in [4.78, 5) is 28.5. The summed E-state index contributed by atoms with van der Waals surface area (Å²) in [5.74, 6) is 0.0587. The van der Waals surface area contributed by atoms with Crippen molar-refractivity contribution in [2.24, 2.45) is 5.92 Å². The Bertz CT molecular complexity index is 833. The fourth-order valence-electron chi connectivity index (χ4n) is 4.22. The summed E-state index contributed by atoms with van der Waals surface area (Å²) in [6, 6.07) is 9.86. The Labute approximate surface area is 149 Å². The van der Waals surface area contributed by atoms with Crippen LogP contribution in [0.2, 0.25) is 0 Å². The average Bonchev–Trinajstić information content (AvgIpc) is 3.01. The molecular formula is C18H18N4O2S. The van der Waals surface area contributed by atoms with Crippen LogP contribution in [0.4, 0.5) is 0 Å². The molecule has 2 bridgehead atoms. The molecule has 2 aromatic rings. The van der Waals surface area contributed by atoms with Gasteiger partial charge in [0.1, 0.15) is 10.0 Å². The van der Waals surface area contributed by atoms with Crippen LogP contribution in [0.25, 0.3) is 10.6 Å². The second-order valence-corrected chi connectivity index (χ2v) is 8.32. The van der Waals surface area contributed by atoms with E-state index in [0.717, 1.165) is 40.8 Å². The summed E-state index contributed by atoms with van der Waals surface area (Å²) in [5.41, 5.74) is 1.04. The predicted octanol–water partition coefficient (Wildman–Crippen LogP) is 1.93. The maximum Gasteiger partial charge on any atom is 0.312 e. The van der Waals surface area contributed by atoms with E-state index in [4.69, 9.17) is 0 Å². The van der Waals surface area contributed by atoms with Gasteiger partial charge in [0.15, 0.2) is 0 Å². The third-order valence-electron chi connectivity index (χ3n) is 5.70. The SMILES string of the molecule is O=C1C(=O)N(C23CC(C2)C3)CCN1Cc1nnc(-c2ccccc2)s1. The van der Waals surface area contributed by atoms with E-state index in [9.17, 15) is 9.59 Å². The molecule has 7 heteroatoms. The van der Waals surface area contributed by atoms with Gasteiger partial charge in [0.25, 0.3) is 0 Å². The molecule has 0 unspecified atom stereocenters. The molecular weight excluding hydrogens is 336 g/mol. The van der Waals surface area contributed by atoms with Crippen LogP contribution in [0.3, 0.4) is 0 Å². The van der Waals surface area contributed by atoms with E-state index in [1.54, 1.807) is 4.90 Å². The minimum atomic E-state index is -0.396. The third kappa shape index (κ3) is 2.29. The molecule has 6 rings (SSSR count). The van der Waals surface area contributed by atoms with Gasteiger partial charge < -0.3 is 9.80 Å². The highest BCUT2D eigenvalue weighted by molar-refractivity contribution is 7.14. The number of carbonyl (C=O) groups excluding carboxylic acids is 2. The Hall–Kier alpha value is -2.28. The van der Waals surface area contributed by atoms with Crippen LogP contribution >= 0.6 is 11.3 Å². The predicted molar refractivity (Wildman–Crippen MR) is 92.5 cm³/mol. The van der Waals surface area contributed by atoms with Gasteiger partial charge in [-0.3, -0.25) is 9.59 Å². The Kier molecular flexibility index (Phi) is 3.22. The van der Waals surface area contributed by atoms with Crippen molar-refractivity contribution in [1.29, 1.82) is 0 Å². The summed E-state index contributed by atoms with van der Waals surface area (Å²) in [5, 5.41) is 10.0. The zero-order chi connectivity index (χ0) is 17.0. The molecule has 0 spiro atoms. The minimum absolute atomic E-state index is 0.0206. The maximum absolute atomic E-state index is 12.5. The molecule has 128 valence electrons. The van der Waals surface area contributed by atoms with Crippen LogP contribution in [0.1, 0.15) is 24.3 Å². The zero-order valence-corrected chi connectivity index (χ0v) is 14.5. The van der Waals surface area contributed by atoms with Gasteiger partial charge in [0.05, 0.1) is 6.54 Å². The van der Waals surface area contributed by atoms with Crippen molar-refractivity contribution >= 4 is 23.2 Å². The van der Waals surface area contributed by atoms with Crippen LogP contribution in [0.5, 0.6) is 0 Å². The van der Waals surface area contributed by atoms with E-state index < -0.39 is 5.91 Å². The number of benzene rings is 1. The van der Waals surface area contributed by atoms with Crippen LogP contribution in [0, 0.1) is 5.92 Å².